The molecular weight excluding hydrogens is 345 g/mol. The molecule has 0 aromatic heterocycles. The van der Waals surface area contributed by atoms with E-state index in [1.165, 1.54) is 12.1 Å². The van der Waals surface area contributed by atoms with Crippen LogP contribution in [0.2, 0.25) is 10.0 Å². The maximum Gasteiger partial charge on any atom is 0.312 e. The Balaban J connectivity index is 2.20. The first-order valence-corrected chi connectivity index (χ1v) is 7.17. The first-order chi connectivity index (χ1) is 8.47. The number of nitro benzene ring substituents is 1. The molecule has 0 saturated heterocycles. The third kappa shape index (κ3) is 2.90. The number of nitro groups is 1. The van der Waals surface area contributed by atoms with Gasteiger partial charge in [-0.2, -0.15) is 0 Å². The van der Waals surface area contributed by atoms with Crippen LogP contribution in [-0.2, 0) is 0 Å². The van der Waals surface area contributed by atoms with Crippen molar-refractivity contribution in [3.63, 3.8) is 0 Å². The molecule has 0 heterocycles. The summed E-state index contributed by atoms with van der Waals surface area (Å²) in [5.74, 6) is 0.168. The number of halogens is 3. The predicted molar refractivity (Wildman–Crippen MR) is 74.1 cm³/mol. The van der Waals surface area contributed by atoms with Crippen molar-refractivity contribution in [2.24, 2.45) is 5.41 Å². The van der Waals surface area contributed by atoms with Gasteiger partial charge in [0.2, 0.25) is 0 Å². The average molecular weight is 355 g/mol. The average Bonchev–Trinajstić information content (AvgIpc) is 3.10. The van der Waals surface area contributed by atoms with Crippen molar-refractivity contribution >= 4 is 44.8 Å². The highest BCUT2D eigenvalue weighted by atomic mass is 79.9. The molecule has 0 radical (unpaired) electrons. The fraction of sp³-hybridized carbons (Fsp3) is 0.455. The standard InChI is InChI=1S/C11H10BrCl2NO3/c12-5-11(1-2-11)6-18-10-4-8(14)7(13)3-9(10)15(16)17/h3-4H,1-2,5-6H2. The Labute approximate surface area is 122 Å². The molecule has 1 aromatic rings. The zero-order chi connectivity index (χ0) is 13.3. The molecule has 7 heteroatoms. The lowest BCUT2D eigenvalue weighted by Gasteiger charge is -2.13. The molecule has 1 fully saturated rings. The van der Waals surface area contributed by atoms with Crippen LogP contribution in [0, 0.1) is 15.5 Å². The fourth-order valence-corrected chi connectivity index (χ4v) is 2.53. The summed E-state index contributed by atoms with van der Waals surface area (Å²) in [5, 5.41) is 12.1. The second-order valence-corrected chi connectivity index (χ2v) is 5.79. The van der Waals surface area contributed by atoms with Crippen molar-refractivity contribution in [1.29, 1.82) is 0 Å². The van der Waals surface area contributed by atoms with E-state index in [1.807, 2.05) is 0 Å². The lowest BCUT2D eigenvalue weighted by molar-refractivity contribution is -0.385. The largest absolute Gasteiger partial charge is 0.486 e. The van der Waals surface area contributed by atoms with E-state index in [9.17, 15) is 10.1 Å². The van der Waals surface area contributed by atoms with Crippen molar-refractivity contribution in [2.75, 3.05) is 11.9 Å². The van der Waals surface area contributed by atoms with Crippen LogP contribution < -0.4 is 4.74 Å². The SMILES string of the molecule is O=[N+]([O-])c1cc(Cl)c(Cl)cc1OCC1(CBr)CC1. The molecule has 0 spiro atoms. The number of nitrogens with zero attached hydrogens (tertiary/aromatic N) is 1. The number of hydrogen-bond donors (Lipinski definition) is 0. The van der Waals surface area contributed by atoms with Crippen molar-refractivity contribution in [3.8, 4) is 5.75 Å². The Morgan fingerprint density at radius 3 is 2.50 bits per heavy atom. The summed E-state index contributed by atoms with van der Waals surface area (Å²) in [7, 11) is 0. The number of hydrogen-bond acceptors (Lipinski definition) is 3. The Morgan fingerprint density at radius 2 is 2.00 bits per heavy atom. The van der Waals surface area contributed by atoms with Crippen molar-refractivity contribution in [3.05, 3.63) is 32.3 Å². The van der Waals surface area contributed by atoms with Crippen molar-refractivity contribution in [2.45, 2.75) is 12.8 Å². The maximum absolute atomic E-state index is 10.9. The molecule has 0 atom stereocenters. The Morgan fingerprint density at radius 1 is 1.39 bits per heavy atom. The fourth-order valence-electron chi connectivity index (χ4n) is 1.50. The van der Waals surface area contributed by atoms with Gasteiger partial charge >= 0.3 is 5.69 Å². The van der Waals surface area contributed by atoms with Gasteiger partial charge in [0, 0.05) is 22.9 Å². The molecule has 0 N–H and O–H groups in total. The van der Waals surface area contributed by atoms with E-state index in [0.29, 0.717) is 6.61 Å². The molecule has 1 aliphatic rings. The summed E-state index contributed by atoms with van der Waals surface area (Å²) in [4.78, 5) is 10.4. The van der Waals surface area contributed by atoms with Gasteiger partial charge in [0.15, 0.2) is 5.75 Å². The molecule has 2 rings (SSSR count). The minimum absolute atomic E-state index is 0.111. The zero-order valence-corrected chi connectivity index (χ0v) is 12.4. The second-order valence-electron chi connectivity index (χ2n) is 4.41. The molecule has 1 aromatic carbocycles. The topological polar surface area (TPSA) is 52.4 Å². The number of benzene rings is 1. The Bertz CT molecular complexity index is 491. The monoisotopic (exact) mass is 353 g/mol. The summed E-state index contributed by atoms with van der Waals surface area (Å²) in [6, 6.07) is 2.61. The van der Waals surface area contributed by atoms with E-state index in [2.05, 4.69) is 15.9 Å². The van der Waals surface area contributed by atoms with Gasteiger partial charge in [-0.25, -0.2) is 0 Å². The smallest absolute Gasteiger partial charge is 0.312 e. The van der Waals surface area contributed by atoms with Gasteiger partial charge in [-0.15, -0.1) is 0 Å². The normalized spacial score (nSPS) is 16.4. The molecule has 4 nitrogen and oxygen atoms in total. The third-order valence-corrected chi connectivity index (χ3v) is 4.88. The number of ether oxygens (including phenoxy) is 1. The van der Waals surface area contributed by atoms with Gasteiger partial charge < -0.3 is 4.74 Å². The quantitative estimate of drug-likeness (QED) is 0.445. The molecule has 0 bridgehead atoms. The van der Waals surface area contributed by atoms with Crippen LogP contribution in [0.25, 0.3) is 0 Å². The summed E-state index contributed by atoms with van der Waals surface area (Å²) in [6.07, 6.45) is 2.13. The van der Waals surface area contributed by atoms with Crippen molar-refractivity contribution in [1.82, 2.24) is 0 Å². The molecular formula is C11H10BrCl2NO3. The predicted octanol–water partition coefficient (Wildman–Crippen LogP) is 4.46. The minimum atomic E-state index is -0.523. The highest BCUT2D eigenvalue weighted by Gasteiger charge is 2.42. The highest BCUT2D eigenvalue weighted by molar-refractivity contribution is 9.09. The molecule has 18 heavy (non-hydrogen) atoms. The highest BCUT2D eigenvalue weighted by Crippen LogP contribution is 2.48. The Kier molecular flexibility index (Phi) is 4.04. The van der Waals surface area contributed by atoms with E-state index in [4.69, 9.17) is 27.9 Å². The van der Waals surface area contributed by atoms with Gasteiger partial charge in [0.05, 0.1) is 21.6 Å². The molecule has 0 aliphatic heterocycles. The second kappa shape index (κ2) is 5.23. The van der Waals surface area contributed by atoms with Crippen molar-refractivity contribution < 1.29 is 9.66 Å². The molecule has 1 aliphatic carbocycles. The lowest BCUT2D eigenvalue weighted by Crippen LogP contribution is -2.14. The molecule has 98 valence electrons. The first-order valence-electron chi connectivity index (χ1n) is 5.30. The van der Waals surface area contributed by atoms with E-state index < -0.39 is 4.92 Å². The van der Waals surface area contributed by atoms with Crippen LogP contribution in [0.3, 0.4) is 0 Å². The summed E-state index contributed by atoms with van der Waals surface area (Å²) in [6.45, 7) is 0.442. The molecule has 1 saturated carbocycles. The zero-order valence-electron chi connectivity index (χ0n) is 9.29. The van der Waals surface area contributed by atoms with Gasteiger partial charge in [0.1, 0.15) is 0 Å². The molecule has 0 unspecified atom stereocenters. The van der Waals surface area contributed by atoms with Gasteiger partial charge in [-0.1, -0.05) is 39.1 Å². The van der Waals surface area contributed by atoms with E-state index in [-0.39, 0.29) is 26.9 Å². The van der Waals surface area contributed by atoms with Crippen LogP contribution in [0.5, 0.6) is 5.75 Å². The van der Waals surface area contributed by atoms with E-state index in [1.54, 1.807) is 0 Å². The summed E-state index contributed by atoms with van der Waals surface area (Å²) in [5.41, 5.74) is -0.0465. The van der Waals surface area contributed by atoms with Crippen LogP contribution in [0.15, 0.2) is 12.1 Å². The van der Waals surface area contributed by atoms with Crippen LogP contribution in [-0.4, -0.2) is 16.9 Å². The van der Waals surface area contributed by atoms with Gasteiger partial charge in [-0.05, 0) is 12.8 Å². The van der Waals surface area contributed by atoms with Crippen LogP contribution >= 0.6 is 39.1 Å². The maximum atomic E-state index is 10.9. The molecule has 0 amide bonds. The van der Waals surface area contributed by atoms with Crippen LogP contribution in [0.1, 0.15) is 12.8 Å². The van der Waals surface area contributed by atoms with Crippen LogP contribution in [0.4, 0.5) is 5.69 Å². The minimum Gasteiger partial charge on any atom is -0.486 e. The summed E-state index contributed by atoms with van der Waals surface area (Å²) >= 11 is 15.0. The van der Waals surface area contributed by atoms with Gasteiger partial charge in [0.25, 0.3) is 0 Å². The van der Waals surface area contributed by atoms with E-state index in [0.717, 1.165) is 18.2 Å². The van der Waals surface area contributed by atoms with E-state index >= 15 is 0 Å². The summed E-state index contributed by atoms with van der Waals surface area (Å²) < 4.78 is 5.54. The number of alkyl halides is 1. The Hall–Kier alpha value is -0.520. The first kappa shape index (κ1) is 13.9. The number of rotatable bonds is 5. The lowest BCUT2D eigenvalue weighted by atomic mass is 10.2. The third-order valence-electron chi connectivity index (χ3n) is 2.97. The van der Waals surface area contributed by atoms with Gasteiger partial charge in [-0.3, -0.25) is 10.1 Å².